The van der Waals surface area contributed by atoms with Gasteiger partial charge in [-0.15, -0.1) is 0 Å². The van der Waals surface area contributed by atoms with E-state index in [0.29, 0.717) is 19.4 Å². The molecule has 0 saturated carbocycles. The average molecular weight is 288 g/mol. The molecule has 1 aliphatic heterocycles. The average Bonchev–Trinajstić information content (AvgIpc) is 2.35. The molecule has 1 aliphatic rings. The van der Waals surface area contributed by atoms with Crippen LogP contribution in [-0.2, 0) is 20.4 Å². The highest BCUT2D eigenvalue weighted by Crippen LogP contribution is 2.15. The molecule has 0 aromatic rings. The maximum absolute atomic E-state index is 12.3. The minimum Gasteiger partial charge on any atom is -0.343 e. The predicted molar refractivity (Wildman–Crippen MR) is 76.2 cm³/mol. The molecule has 0 radical (unpaired) electrons. The standard InChI is InChI=1S/C13H24N2O3S/c1-5-6-11-13(17)15(10(3)12(16)14-11)8-7-9(2)19(4)18/h9-11H,5-8H2,1-4H3,(H,14,16). The summed E-state index contributed by atoms with van der Waals surface area (Å²) in [5.74, 6) is -0.105. The van der Waals surface area contributed by atoms with Gasteiger partial charge < -0.3 is 10.2 Å². The van der Waals surface area contributed by atoms with Gasteiger partial charge in [-0.25, -0.2) is 0 Å². The van der Waals surface area contributed by atoms with Crippen LogP contribution in [0.2, 0.25) is 0 Å². The summed E-state index contributed by atoms with van der Waals surface area (Å²) >= 11 is 0. The van der Waals surface area contributed by atoms with E-state index in [1.807, 2.05) is 13.8 Å². The molecule has 1 saturated heterocycles. The number of amides is 2. The summed E-state index contributed by atoms with van der Waals surface area (Å²) in [6.07, 6.45) is 3.85. The lowest BCUT2D eigenvalue weighted by atomic mass is 10.0. The van der Waals surface area contributed by atoms with E-state index in [0.717, 1.165) is 6.42 Å². The highest BCUT2D eigenvalue weighted by Gasteiger charge is 2.37. The van der Waals surface area contributed by atoms with Crippen molar-refractivity contribution in [2.24, 2.45) is 0 Å². The second-order valence-electron chi connectivity index (χ2n) is 5.16. The zero-order valence-electron chi connectivity index (χ0n) is 12.1. The Labute approximate surface area is 117 Å². The van der Waals surface area contributed by atoms with Crippen molar-refractivity contribution in [3.63, 3.8) is 0 Å². The molecule has 2 amide bonds. The molecular weight excluding hydrogens is 264 g/mol. The van der Waals surface area contributed by atoms with Crippen LogP contribution in [0.5, 0.6) is 0 Å². The van der Waals surface area contributed by atoms with Gasteiger partial charge in [-0.3, -0.25) is 13.8 Å². The molecule has 0 spiro atoms. The molecule has 0 aromatic heterocycles. The van der Waals surface area contributed by atoms with Crippen molar-refractivity contribution < 1.29 is 13.8 Å². The van der Waals surface area contributed by atoms with Crippen LogP contribution in [-0.4, -0.2) is 51.1 Å². The Hall–Kier alpha value is -0.910. The van der Waals surface area contributed by atoms with E-state index in [1.54, 1.807) is 18.1 Å². The second-order valence-corrected chi connectivity index (χ2v) is 6.96. The van der Waals surface area contributed by atoms with Crippen molar-refractivity contribution in [3.05, 3.63) is 0 Å². The van der Waals surface area contributed by atoms with Crippen LogP contribution in [0.4, 0.5) is 0 Å². The van der Waals surface area contributed by atoms with Crippen molar-refractivity contribution in [3.8, 4) is 0 Å². The first kappa shape index (κ1) is 16.1. The first-order valence-electron chi connectivity index (χ1n) is 6.81. The Bertz CT molecular complexity index is 373. The topological polar surface area (TPSA) is 66.5 Å². The predicted octanol–water partition coefficient (Wildman–Crippen LogP) is 0.659. The number of carbonyl (C=O) groups excluding carboxylic acids is 2. The summed E-state index contributed by atoms with van der Waals surface area (Å²) in [5.41, 5.74) is 0. The van der Waals surface area contributed by atoms with E-state index in [4.69, 9.17) is 0 Å². The molecular formula is C13H24N2O3S. The molecule has 19 heavy (non-hydrogen) atoms. The first-order valence-corrected chi connectivity index (χ1v) is 8.43. The van der Waals surface area contributed by atoms with Crippen LogP contribution < -0.4 is 5.32 Å². The Morgan fingerprint density at radius 1 is 1.42 bits per heavy atom. The summed E-state index contributed by atoms with van der Waals surface area (Å²) in [7, 11) is -0.897. The molecule has 5 nitrogen and oxygen atoms in total. The molecule has 4 unspecified atom stereocenters. The van der Waals surface area contributed by atoms with Crippen LogP contribution in [0.25, 0.3) is 0 Å². The number of nitrogens with one attached hydrogen (secondary N) is 1. The highest BCUT2D eigenvalue weighted by atomic mass is 32.2. The Balaban J connectivity index is 2.69. The van der Waals surface area contributed by atoms with E-state index < -0.39 is 22.9 Å². The largest absolute Gasteiger partial charge is 0.343 e. The van der Waals surface area contributed by atoms with Gasteiger partial charge in [0.2, 0.25) is 11.8 Å². The zero-order valence-corrected chi connectivity index (χ0v) is 13.0. The number of carbonyl (C=O) groups is 2. The van der Waals surface area contributed by atoms with Gasteiger partial charge in [0.25, 0.3) is 0 Å². The number of piperazine rings is 1. The van der Waals surface area contributed by atoms with Gasteiger partial charge in [0, 0.05) is 28.9 Å². The maximum Gasteiger partial charge on any atom is 0.245 e. The third-order valence-electron chi connectivity index (χ3n) is 3.67. The Kier molecular flexibility index (Phi) is 5.97. The van der Waals surface area contributed by atoms with Crippen LogP contribution in [0.15, 0.2) is 0 Å². The van der Waals surface area contributed by atoms with E-state index in [9.17, 15) is 13.8 Å². The van der Waals surface area contributed by atoms with Crippen molar-refractivity contribution in [1.82, 2.24) is 10.2 Å². The van der Waals surface area contributed by atoms with Gasteiger partial charge in [-0.05, 0) is 19.8 Å². The summed E-state index contributed by atoms with van der Waals surface area (Å²) < 4.78 is 11.3. The highest BCUT2D eigenvalue weighted by molar-refractivity contribution is 7.84. The third-order valence-corrected chi connectivity index (χ3v) is 5.03. The fourth-order valence-electron chi connectivity index (χ4n) is 2.16. The molecule has 1 rings (SSSR count). The molecule has 0 aromatic carbocycles. The van der Waals surface area contributed by atoms with Gasteiger partial charge in [0.1, 0.15) is 12.1 Å². The normalized spacial score (nSPS) is 27.1. The summed E-state index contributed by atoms with van der Waals surface area (Å²) in [6.45, 7) is 6.13. The molecule has 0 aliphatic carbocycles. The Morgan fingerprint density at radius 2 is 2.05 bits per heavy atom. The molecule has 1 fully saturated rings. The van der Waals surface area contributed by atoms with Gasteiger partial charge in [0.05, 0.1) is 0 Å². The molecule has 1 heterocycles. The quantitative estimate of drug-likeness (QED) is 0.781. The van der Waals surface area contributed by atoms with Gasteiger partial charge in [-0.2, -0.15) is 0 Å². The number of hydrogen-bond donors (Lipinski definition) is 1. The molecule has 6 heteroatoms. The number of hydrogen-bond acceptors (Lipinski definition) is 3. The minimum absolute atomic E-state index is 0.0111. The van der Waals surface area contributed by atoms with Crippen LogP contribution in [0, 0.1) is 0 Å². The fraction of sp³-hybridized carbons (Fsp3) is 0.846. The van der Waals surface area contributed by atoms with E-state index in [-0.39, 0.29) is 17.1 Å². The van der Waals surface area contributed by atoms with Crippen LogP contribution in [0.1, 0.15) is 40.0 Å². The van der Waals surface area contributed by atoms with Gasteiger partial charge in [-0.1, -0.05) is 20.3 Å². The monoisotopic (exact) mass is 288 g/mol. The fourth-order valence-corrected chi connectivity index (χ4v) is 2.60. The first-order chi connectivity index (χ1) is 8.88. The lowest BCUT2D eigenvalue weighted by Gasteiger charge is -2.37. The van der Waals surface area contributed by atoms with Crippen molar-refractivity contribution in [1.29, 1.82) is 0 Å². The van der Waals surface area contributed by atoms with E-state index >= 15 is 0 Å². The smallest absolute Gasteiger partial charge is 0.245 e. The lowest BCUT2D eigenvalue weighted by Crippen LogP contribution is -2.62. The van der Waals surface area contributed by atoms with Gasteiger partial charge in [0.15, 0.2) is 0 Å². The SMILES string of the molecule is CCCC1NC(=O)C(C)N(CCC(C)S(C)=O)C1=O. The second kappa shape index (κ2) is 7.03. The van der Waals surface area contributed by atoms with Gasteiger partial charge >= 0.3 is 0 Å². The van der Waals surface area contributed by atoms with E-state index in [1.165, 1.54) is 0 Å². The van der Waals surface area contributed by atoms with E-state index in [2.05, 4.69) is 5.32 Å². The molecule has 1 N–H and O–H groups in total. The molecule has 110 valence electrons. The van der Waals surface area contributed by atoms with Crippen molar-refractivity contribution in [2.75, 3.05) is 12.8 Å². The van der Waals surface area contributed by atoms with Crippen LogP contribution >= 0.6 is 0 Å². The van der Waals surface area contributed by atoms with Crippen molar-refractivity contribution in [2.45, 2.75) is 57.4 Å². The molecule has 0 bridgehead atoms. The Morgan fingerprint density at radius 3 is 2.58 bits per heavy atom. The summed E-state index contributed by atoms with van der Waals surface area (Å²) in [4.78, 5) is 25.8. The maximum atomic E-state index is 12.3. The summed E-state index contributed by atoms with van der Waals surface area (Å²) in [6, 6.07) is -0.825. The number of nitrogens with zero attached hydrogens (tertiary/aromatic N) is 1. The summed E-state index contributed by atoms with van der Waals surface area (Å²) in [5, 5.41) is 2.80. The zero-order chi connectivity index (χ0) is 14.6. The third kappa shape index (κ3) is 4.03. The van der Waals surface area contributed by atoms with Crippen LogP contribution in [0.3, 0.4) is 0 Å². The lowest BCUT2D eigenvalue weighted by molar-refractivity contribution is -0.148. The minimum atomic E-state index is -0.897. The molecule has 4 atom stereocenters. The van der Waals surface area contributed by atoms with Crippen molar-refractivity contribution >= 4 is 22.6 Å². The number of rotatable bonds is 6.